The zero-order valence-corrected chi connectivity index (χ0v) is 12.4. The number of fused-ring (bicyclic) bond motifs is 1. The van der Waals surface area contributed by atoms with Crippen molar-refractivity contribution in [2.75, 3.05) is 19.6 Å². The van der Waals surface area contributed by atoms with E-state index in [0.29, 0.717) is 5.56 Å². The van der Waals surface area contributed by atoms with Crippen LogP contribution in [0.4, 0.5) is 0 Å². The van der Waals surface area contributed by atoms with Gasteiger partial charge in [0.15, 0.2) is 0 Å². The molecule has 5 nitrogen and oxygen atoms in total. The average molecular weight is 287 g/mol. The SMILES string of the molecule is Cc1nc2cccc(C(=O)O)c2n1CCCN1CCCC1. The van der Waals surface area contributed by atoms with Gasteiger partial charge < -0.3 is 14.6 Å². The number of aromatic carboxylic acids is 1. The van der Waals surface area contributed by atoms with Crippen LogP contribution in [-0.2, 0) is 6.54 Å². The second-order valence-corrected chi connectivity index (χ2v) is 5.69. The maximum Gasteiger partial charge on any atom is 0.337 e. The zero-order chi connectivity index (χ0) is 14.8. The van der Waals surface area contributed by atoms with Crippen LogP contribution in [0.25, 0.3) is 11.0 Å². The number of carbonyl (C=O) groups is 1. The molecule has 1 aromatic heterocycles. The molecule has 0 spiro atoms. The fourth-order valence-corrected chi connectivity index (χ4v) is 3.21. The van der Waals surface area contributed by atoms with Crippen molar-refractivity contribution in [2.24, 2.45) is 0 Å². The van der Waals surface area contributed by atoms with E-state index in [1.165, 1.54) is 25.9 Å². The van der Waals surface area contributed by atoms with Gasteiger partial charge in [-0.15, -0.1) is 0 Å². The lowest BCUT2D eigenvalue weighted by molar-refractivity contribution is 0.0698. The molecule has 0 atom stereocenters. The summed E-state index contributed by atoms with van der Waals surface area (Å²) in [6.07, 6.45) is 3.63. The number of hydrogen-bond acceptors (Lipinski definition) is 3. The van der Waals surface area contributed by atoms with E-state index in [4.69, 9.17) is 0 Å². The van der Waals surface area contributed by atoms with Crippen molar-refractivity contribution in [3.63, 3.8) is 0 Å². The van der Waals surface area contributed by atoms with E-state index < -0.39 is 5.97 Å². The van der Waals surface area contributed by atoms with Crippen LogP contribution in [0.2, 0.25) is 0 Å². The summed E-state index contributed by atoms with van der Waals surface area (Å²) in [5, 5.41) is 9.37. The van der Waals surface area contributed by atoms with Gasteiger partial charge in [-0.25, -0.2) is 9.78 Å². The number of carboxylic acids is 1. The first-order valence-corrected chi connectivity index (χ1v) is 7.58. The topological polar surface area (TPSA) is 58.4 Å². The highest BCUT2D eigenvalue weighted by Gasteiger charge is 2.16. The second kappa shape index (κ2) is 5.85. The van der Waals surface area contributed by atoms with Crippen LogP contribution < -0.4 is 0 Å². The quantitative estimate of drug-likeness (QED) is 0.918. The van der Waals surface area contributed by atoms with E-state index in [0.717, 1.165) is 36.4 Å². The first kappa shape index (κ1) is 14.1. The lowest BCUT2D eigenvalue weighted by Crippen LogP contribution is -2.21. The van der Waals surface area contributed by atoms with E-state index in [1.807, 2.05) is 13.0 Å². The highest BCUT2D eigenvalue weighted by atomic mass is 16.4. The Labute approximate surface area is 124 Å². The largest absolute Gasteiger partial charge is 0.478 e. The third-order valence-corrected chi connectivity index (χ3v) is 4.24. The molecule has 112 valence electrons. The molecule has 5 heteroatoms. The van der Waals surface area contributed by atoms with Gasteiger partial charge in [-0.3, -0.25) is 0 Å². The highest BCUT2D eigenvalue weighted by molar-refractivity contribution is 6.01. The minimum Gasteiger partial charge on any atom is -0.478 e. The van der Waals surface area contributed by atoms with Crippen molar-refractivity contribution in [3.05, 3.63) is 29.6 Å². The number of para-hydroxylation sites is 1. The van der Waals surface area contributed by atoms with Gasteiger partial charge in [0.05, 0.1) is 16.6 Å². The van der Waals surface area contributed by atoms with Crippen LogP contribution in [0.3, 0.4) is 0 Å². The van der Waals surface area contributed by atoms with E-state index in [-0.39, 0.29) is 0 Å². The van der Waals surface area contributed by atoms with Gasteiger partial charge in [0.1, 0.15) is 5.82 Å². The molecule has 1 saturated heterocycles. The maximum atomic E-state index is 11.4. The minimum absolute atomic E-state index is 0.342. The normalized spacial score (nSPS) is 15.9. The number of likely N-dealkylation sites (tertiary alicyclic amines) is 1. The summed E-state index contributed by atoms with van der Waals surface area (Å²) in [5.74, 6) is 0.00131. The number of aromatic nitrogens is 2. The summed E-state index contributed by atoms with van der Waals surface area (Å²) < 4.78 is 2.05. The highest BCUT2D eigenvalue weighted by Crippen LogP contribution is 2.21. The molecule has 1 aromatic carbocycles. The average Bonchev–Trinajstić information content (AvgIpc) is 3.06. The summed E-state index contributed by atoms with van der Waals surface area (Å²) >= 11 is 0. The Hall–Kier alpha value is -1.88. The first-order valence-electron chi connectivity index (χ1n) is 7.58. The molecule has 1 aliphatic rings. The number of imidazole rings is 1. The molecule has 1 N–H and O–H groups in total. The Bertz CT molecular complexity index is 657. The van der Waals surface area contributed by atoms with Crippen molar-refractivity contribution >= 4 is 17.0 Å². The van der Waals surface area contributed by atoms with E-state index >= 15 is 0 Å². The number of benzene rings is 1. The number of nitrogens with zero attached hydrogens (tertiary/aromatic N) is 3. The smallest absolute Gasteiger partial charge is 0.337 e. The van der Waals surface area contributed by atoms with Crippen LogP contribution in [-0.4, -0.2) is 45.2 Å². The van der Waals surface area contributed by atoms with Crippen molar-refractivity contribution in [1.82, 2.24) is 14.5 Å². The molecule has 0 amide bonds. The molecule has 0 unspecified atom stereocenters. The molecule has 0 aliphatic carbocycles. The Kier molecular flexibility index (Phi) is 3.92. The van der Waals surface area contributed by atoms with Crippen LogP contribution in [0.1, 0.15) is 35.4 Å². The Balaban J connectivity index is 1.83. The molecule has 1 aliphatic heterocycles. The maximum absolute atomic E-state index is 11.4. The van der Waals surface area contributed by atoms with Crippen LogP contribution in [0.5, 0.6) is 0 Å². The number of rotatable bonds is 5. The van der Waals surface area contributed by atoms with Gasteiger partial charge >= 0.3 is 5.97 Å². The second-order valence-electron chi connectivity index (χ2n) is 5.69. The Morgan fingerprint density at radius 2 is 2.05 bits per heavy atom. The lowest BCUT2D eigenvalue weighted by Gasteiger charge is -2.15. The molecule has 21 heavy (non-hydrogen) atoms. The Morgan fingerprint density at radius 1 is 1.29 bits per heavy atom. The van der Waals surface area contributed by atoms with E-state index in [2.05, 4.69) is 14.5 Å². The van der Waals surface area contributed by atoms with Crippen molar-refractivity contribution in [1.29, 1.82) is 0 Å². The molecular weight excluding hydrogens is 266 g/mol. The molecule has 0 radical (unpaired) electrons. The third-order valence-electron chi connectivity index (χ3n) is 4.24. The predicted octanol–water partition coefficient (Wildman–Crippen LogP) is 2.53. The molecule has 0 saturated carbocycles. The fraction of sp³-hybridized carbons (Fsp3) is 0.500. The van der Waals surface area contributed by atoms with E-state index in [9.17, 15) is 9.90 Å². The van der Waals surface area contributed by atoms with Gasteiger partial charge in [0.25, 0.3) is 0 Å². The van der Waals surface area contributed by atoms with E-state index in [1.54, 1.807) is 12.1 Å². The molecule has 3 rings (SSSR count). The van der Waals surface area contributed by atoms with Gasteiger partial charge in [-0.05, 0) is 58.0 Å². The van der Waals surface area contributed by atoms with Crippen molar-refractivity contribution in [2.45, 2.75) is 32.7 Å². The minimum atomic E-state index is -0.888. The third kappa shape index (κ3) is 2.78. The molecule has 0 bridgehead atoms. The predicted molar refractivity (Wildman–Crippen MR) is 81.7 cm³/mol. The van der Waals surface area contributed by atoms with Crippen LogP contribution >= 0.6 is 0 Å². The molecular formula is C16H21N3O2. The number of aryl methyl sites for hydroxylation is 2. The van der Waals surface area contributed by atoms with Crippen LogP contribution in [0.15, 0.2) is 18.2 Å². The monoisotopic (exact) mass is 287 g/mol. The van der Waals surface area contributed by atoms with Gasteiger partial charge in [0, 0.05) is 6.54 Å². The fourth-order valence-electron chi connectivity index (χ4n) is 3.21. The lowest BCUT2D eigenvalue weighted by atomic mass is 10.2. The standard InChI is InChI=1S/C16H21N3O2/c1-12-17-14-7-4-6-13(16(20)21)15(14)19(12)11-5-10-18-8-2-3-9-18/h4,6-7H,2-3,5,8-11H2,1H3,(H,20,21). The summed E-state index contributed by atoms with van der Waals surface area (Å²) in [6, 6.07) is 5.29. The number of hydrogen-bond donors (Lipinski definition) is 1. The van der Waals surface area contributed by atoms with Crippen molar-refractivity contribution in [3.8, 4) is 0 Å². The summed E-state index contributed by atoms with van der Waals surface area (Å²) in [4.78, 5) is 18.4. The zero-order valence-electron chi connectivity index (χ0n) is 12.4. The van der Waals surface area contributed by atoms with Gasteiger partial charge in [0.2, 0.25) is 0 Å². The van der Waals surface area contributed by atoms with Crippen LogP contribution in [0, 0.1) is 6.92 Å². The summed E-state index contributed by atoms with van der Waals surface area (Å²) in [7, 11) is 0. The summed E-state index contributed by atoms with van der Waals surface area (Å²) in [5.41, 5.74) is 1.87. The summed E-state index contributed by atoms with van der Waals surface area (Å²) in [6.45, 7) is 6.24. The Morgan fingerprint density at radius 3 is 2.76 bits per heavy atom. The van der Waals surface area contributed by atoms with Gasteiger partial charge in [-0.1, -0.05) is 6.07 Å². The molecule has 2 aromatic rings. The van der Waals surface area contributed by atoms with Crippen molar-refractivity contribution < 1.29 is 9.90 Å². The first-order chi connectivity index (χ1) is 10.2. The molecule has 2 heterocycles. The number of carboxylic acid groups (broad SMARTS) is 1. The van der Waals surface area contributed by atoms with Gasteiger partial charge in [-0.2, -0.15) is 0 Å². The molecule has 1 fully saturated rings.